The fourth-order valence-corrected chi connectivity index (χ4v) is 0.867. The topological polar surface area (TPSA) is 32.3 Å². The van der Waals surface area contributed by atoms with Crippen LogP contribution in [-0.2, 0) is 0 Å². The Morgan fingerprint density at radius 2 is 1.47 bits per heavy atom. The molecule has 0 atom stereocenters. The normalized spacial score (nSPS) is 13.6. The molecule has 0 aromatic carbocycles. The van der Waals surface area contributed by atoms with Crippen molar-refractivity contribution in [3.63, 3.8) is 0 Å². The molecule has 15 heavy (non-hydrogen) atoms. The third-order valence-corrected chi connectivity index (χ3v) is 1.65. The molecule has 0 aliphatic heterocycles. The van der Waals surface area contributed by atoms with Crippen LogP contribution in [0.25, 0.3) is 0 Å². The van der Waals surface area contributed by atoms with E-state index >= 15 is 0 Å². The third-order valence-electron chi connectivity index (χ3n) is 1.65. The van der Waals surface area contributed by atoms with Crippen LogP contribution in [0.3, 0.4) is 0 Å². The average Bonchev–Trinajstić information content (AvgIpc) is 1.99. The Kier molecular flexibility index (Phi) is 5.36. The van der Waals surface area contributed by atoms with Crippen LogP contribution in [0.1, 0.15) is 6.42 Å². The summed E-state index contributed by atoms with van der Waals surface area (Å²) in [6.45, 7) is -1.58. The fourth-order valence-electron chi connectivity index (χ4n) is 0.867. The number of hydrogen-bond acceptors (Lipinski definition) is 2. The van der Waals surface area contributed by atoms with Gasteiger partial charge in [0.15, 0.2) is 5.92 Å². The van der Waals surface area contributed by atoms with Gasteiger partial charge in [0.1, 0.15) is 0 Å². The lowest BCUT2D eigenvalue weighted by atomic mass is 10.1. The number of alkyl halides is 6. The first kappa shape index (κ1) is 14.5. The van der Waals surface area contributed by atoms with E-state index in [1.807, 2.05) is 5.32 Å². The molecule has 8 heteroatoms. The molecule has 0 saturated carbocycles. The van der Waals surface area contributed by atoms with E-state index in [9.17, 15) is 26.3 Å². The van der Waals surface area contributed by atoms with Gasteiger partial charge in [0, 0.05) is 13.2 Å². The van der Waals surface area contributed by atoms with Crippen LogP contribution in [0.4, 0.5) is 26.3 Å². The van der Waals surface area contributed by atoms with E-state index in [-0.39, 0.29) is 19.6 Å². The molecule has 0 aromatic rings. The monoisotopic (exact) mass is 239 g/mol. The molecule has 0 aliphatic rings. The summed E-state index contributed by atoms with van der Waals surface area (Å²) < 4.78 is 71.5. The van der Waals surface area contributed by atoms with Crippen LogP contribution in [0.2, 0.25) is 0 Å². The Hall–Kier alpha value is -0.500. The molecule has 0 saturated heterocycles. The molecule has 0 bridgehead atoms. The van der Waals surface area contributed by atoms with E-state index in [1.165, 1.54) is 0 Å². The first-order valence-electron chi connectivity index (χ1n) is 4.14. The van der Waals surface area contributed by atoms with Crippen LogP contribution in [-0.4, -0.2) is 37.2 Å². The minimum absolute atomic E-state index is 0.0842. The smallest absolute Gasteiger partial charge is 0.396 e. The number of aliphatic hydroxyl groups is 1. The van der Waals surface area contributed by atoms with Crippen molar-refractivity contribution in [2.75, 3.05) is 19.7 Å². The minimum atomic E-state index is -5.30. The van der Waals surface area contributed by atoms with Crippen LogP contribution < -0.4 is 5.32 Å². The standard InChI is InChI=1S/C7H11F6NO/c8-6(9,10)5(7(11,12)13)4-14-2-1-3-15/h5,14-15H,1-4H2. The molecule has 0 heterocycles. The largest absolute Gasteiger partial charge is 0.401 e. The quantitative estimate of drug-likeness (QED) is 0.565. The molecule has 0 unspecified atom stereocenters. The molecule has 0 rings (SSSR count). The van der Waals surface area contributed by atoms with Gasteiger partial charge in [-0.2, -0.15) is 26.3 Å². The first-order valence-corrected chi connectivity index (χ1v) is 4.14. The Balaban J connectivity index is 4.17. The van der Waals surface area contributed by atoms with E-state index in [4.69, 9.17) is 5.11 Å². The second kappa shape index (κ2) is 5.55. The number of halogens is 6. The van der Waals surface area contributed by atoms with Gasteiger partial charge in [0.2, 0.25) is 0 Å². The summed E-state index contributed by atoms with van der Waals surface area (Å²) in [7, 11) is 0. The van der Waals surface area contributed by atoms with E-state index in [0.717, 1.165) is 0 Å². The maximum atomic E-state index is 11.9. The SMILES string of the molecule is OCCCNCC(C(F)(F)F)C(F)(F)F. The van der Waals surface area contributed by atoms with Crippen molar-refractivity contribution in [1.29, 1.82) is 0 Å². The second-order valence-electron chi connectivity index (χ2n) is 2.92. The first-order chi connectivity index (χ1) is 6.69. The van der Waals surface area contributed by atoms with Crippen molar-refractivity contribution in [3.8, 4) is 0 Å². The van der Waals surface area contributed by atoms with Crippen LogP contribution in [0, 0.1) is 5.92 Å². The van der Waals surface area contributed by atoms with Crippen molar-refractivity contribution >= 4 is 0 Å². The highest BCUT2D eigenvalue weighted by atomic mass is 19.4. The maximum absolute atomic E-state index is 11.9. The summed E-state index contributed by atoms with van der Waals surface area (Å²) >= 11 is 0. The van der Waals surface area contributed by atoms with Gasteiger partial charge in [-0.25, -0.2) is 0 Å². The van der Waals surface area contributed by atoms with E-state index < -0.39 is 24.8 Å². The van der Waals surface area contributed by atoms with Gasteiger partial charge in [-0.3, -0.25) is 0 Å². The number of rotatable bonds is 5. The van der Waals surface area contributed by atoms with Gasteiger partial charge in [-0.05, 0) is 13.0 Å². The molecular formula is C7H11F6NO. The third kappa shape index (κ3) is 5.83. The number of nitrogens with one attached hydrogen (secondary N) is 1. The van der Waals surface area contributed by atoms with Crippen LogP contribution in [0.15, 0.2) is 0 Å². The van der Waals surface area contributed by atoms with E-state index in [1.54, 1.807) is 0 Å². The summed E-state index contributed by atoms with van der Waals surface area (Å²) in [6.07, 6.45) is -10.5. The Labute approximate surface area is 82.3 Å². The maximum Gasteiger partial charge on any atom is 0.401 e. The molecule has 0 spiro atoms. The lowest BCUT2D eigenvalue weighted by Crippen LogP contribution is -2.43. The summed E-state index contributed by atoms with van der Waals surface area (Å²) in [5.74, 6) is -3.36. The molecule has 0 aromatic heterocycles. The van der Waals surface area contributed by atoms with Gasteiger partial charge in [-0.1, -0.05) is 0 Å². The molecule has 0 aliphatic carbocycles. The highest BCUT2D eigenvalue weighted by Gasteiger charge is 2.55. The molecule has 2 nitrogen and oxygen atoms in total. The van der Waals surface area contributed by atoms with Crippen molar-refractivity contribution in [2.45, 2.75) is 18.8 Å². The molecule has 92 valence electrons. The summed E-state index contributed by atoms with van der Waals surface area (Å²) in [5.41, 5.74) is 0. The molecular weight excluding hydrogens is 228 g/mol. The summed E-state index contributed by atoms with van der Waals surface area (Å²) in [4.78, 5) is 0. The molecule has 0 radical (unpaired) electrons. The Morgan fingerprint density at radius 1 is 1.00 bits per heavy atom. The van der Waals surface area contributed by atoms with E-state index in [0.29, 0.717) is 0 Å². The van der Waals surface area contributed by atoms with Gasteiger partial charge < -0.3 is 10.4 Å². The second-order valence-corrected chi connectivity index (χ2v) is 2.92. The zero-order valence-electron chi connectivity index (χ0n) is 7.62. The Bertz CT molecular complexity index is 163. The van der Waals surface area contributed by atoms with E-state index in [2.05, 4.69) is 0 Å². The van der Waals surface area contributed by atoms with Gasteiger partial charge >= 0.3 is 12.4 Å². The Morgan fingerprint density at radius 3 is 1.80 bits per heavy atom. The van der Waals surface area contributed by atoms with Crippen molar-refractivity contribution < 1.29 is 31.4 Å². The minimum Gasteiger partial charge on any atom is -0.396 e. The average molecular weight is 239 g/mol. The molecule has 0 amide bonds. The lowest BCUT2D eigenvalue weighted by Gasteiger charge is -2.23. The number of aliphatic hydroxyl groups excluding tert-OH is 1. The highest BCUT2D eigenvalue weighted by Crippen LogP contribution is 2.38. The lowest BCUT2D eigenvalue weighted by molar-refractivity contribution is -0.281. The van der Waals surface area contributed by atoms with Gasteiger partial charge in [0.05, 0.1) is 0 Å². The van der Waals surface area contributed by atoms with Gasteiger partial charge in [0.25, 0.3) is 0 Å². The van der Waals surface area contributed by atoms with Crippen molar-refractivity contribution in [2.24, 2.45) is 5.92 Å². The zero-order valence-corrected chi connectivity index (χ0v) is 7.62. The molecule has 0 fully saturated rings. The predicted octanol–water partition coefficient (Wildman–Crippen LogP) is 1.70. The van der Waals surface area contributed by atoms with Gasteiger partial charge in [-0.15, -0.1) is 0 Å². The fraction of sp³-hybridized carbons (Fsp3) is 1.00. The van der Waals surface area contributed by atoms with Crippen LogP contribution in [0.5, 0.6) is 0 Å². The van der Waals surface area contributed by atoms with Crippen LogP contribution >= 0.6 is 0 Å². The van der Waals surface area contributed by atoms with Crippen molar-refractivity contribution in [1.82, 2.24) is 5.32 Å². The summed E-state index contributed by atoms with van der Waals surface area (Å²) in [6, 6.07) is 0. The summed E-state index contributed by atoms with van der Waals surface area (Å²) in [5, 5.41) is 10.3. The predicted molar refractivity (Wildman–Crippen MR) is 40.2 cm³/mol. The number of hydrogen-bond donors (Lipinski definition) is 2. The molecule has 2 N–H and O–H groups in total. The van der Waals surface area contributed by atoms with Crippen molar-refractivity contribution in [3.05, 3.63) is 0 Å². The highest BCUT2D eigenvalue weighted by molar-refractivity contribution is 4.77. The zero-order chi connectivity index (χ0) is 12.1.